The topological polar surface area (TPSA) is 55.1 Å². The largest absolute Gasteiger partial charge is 0.399 e. The van der Waals surface area contributed by atoms with Gasteiger partial charge in [-0.3, -0.25) is 4.79 Å². The minimum Gasteiger partial charge on any atom is -0.399 e. The molecule has 0 bridgehead atoms. The van der Waals surface area contributed by atoms with E-state index in [9.17, 15) is 4.79 Å². The zero-order valence-corrected chi connectivity index (χ0v) is 12.1. The van der Waals surface area contributed by atoms with Gasteiger partial charge in [0.15, 0.2) is 0 Å². The van der Waals surface area contributed by atoms with Crippen molar-refractivity contribution in [3.05, 3.63) is 64.2 Å². The third kappa shape index (κ3) is 3.52. The molecule has 0 aliphatic heterocycles. The number of carbonyl (C=O) groups is 1. The first-order chi connectivity index (χ1) is 9.58. The van der Waals surface area contributed by atoms with Crippen molar-refractivity contribution in [1.29, 1.82) is 0 Å². The van der Waals surface area contributed by atoms with Crippen LogP contribution in [0.2, 0.25) is 5.02 Å². The lowest BCUT2D eigenvalue weighted by Crippen LogP contribution is -2.25. The smallest absolute Gasteiger partial charge is 0.224 e. The Kier molecular flexibility index (Phi) is 4.64. The summed E-state index contributed by atoms with van der Waals surface area (Å²) in [6, 6.07) is 13.1. The number of benzene rings is 2. The van der Waals surface area contributed by atoms with Crippen LogP contribution in [0.25, 0.3) is 0 Å². The predicted octanol–water partition coefficient (Wildman–Crippen LogP) is 3.09. The van der Waals surface area contributed by atoms with Gasteiger partial charge < -0.3 is 11.1 Å². The molecule has 3 nitrogen and oxygen atoms in total. The molecule has 3 N–H and O–H groups in total. The molecular formula is C16H17ClN2O. The highest BCUT2D eigenvalue weighted by Gasteiger charge is 2.07. The molecule has 1 amide bonds. The molecule has 0 atom stereocenters. The van der Waals surface area contributed by atoms with Crippen LogP contribution in [-0.2, 0) is 17.8 Å². The summed E-state index contributed by atoms with van der Waals surface area (Å²) >= 11 is 6.03. The fraction of sp³-hybridized carbons (Fsp3) is 0.188. The van der Waals surface area contributed by atoms with Gasteiger partial charge >= 0.3 is 0 Å². The standard InChI is InChI=1S/C16H17ClN2O/c1-11-13(6-4-8-15(11)18)10-19-16(20)9-12-5-2-3-7-14(12)17/h2-8H,9-10,18H2,1H3,(H,19,20). The van der Waals surface area contributed by atoms with Crippen molar-refractivity contribution in [2.24, 2.45) is 0 Å². The molecule has 0 saturated heterocycles. The van der Waals surface area contributed by atoms with Crippen LogP contribution in [0, 0.1) is 6.92 Å². The molecule has 0 heterocycles. The van der Waals surface area contributed by atoms with Gasteiger partial charge in [-0.15, -0.1) is 0 Å². The molecular weight excluding hydrogens is 272 g/mol. The zero-order chi connectivity index (χ0) is 14.5. The fourth-order valence-electron chi connectivity index (χ4n) is 1.97. The number of anilines is 1. The maximum Gasteiger partial charge on any atom is 0.224 e. The maximum absolute atomic E-state index is 11.9. The third-order valence-electron chi connectivity index (χ3n) is 3.27. The average molecular weight is 289 g/mol. The molecule has 20 heavy (non-hydrogen) atoms. The Bertz CT molecular complexity index is 626. The zero-order valence-electron chi connectivity index (χ0n) is 11.3. The molecule has 0 aliphatic rings. The van der Waals surface area contributed by atoms with E-state index in [0.29, 0.717) is 11.6 Å². The number of halogens is 1. The number of carbonyl (C=O) groups excluding carboxylic acids is 1. The summed E-state index contributed by atoms with van der Waals surface area (Å²) in [4.78, 5) is 11.9. The number of hydrogen-bond donors (Lipinski definition) is 2. The van der Waals surface area contributed by atoms with Crippen molar-refractivity contribution in [2.75, 3.05) is 5.73 Å². The second-order valence-electron chi connectivity index (χ2n) is 4.68. The Labute approximate surface area is 123 Å². The lowest BCUT2D eigenvalue weighted by molar-refractivity contribution is -0.120. The molecule has 0 unspecified atom stereocenters. The number of nitrogens with one attached hydrogen (secondary N) is 1. The molecule has 2 rings (SSSR count). The van der Waals surface area contributed by atoms with E-state index >= 15 is 0 Å². The number of rotatable bonds is 4. The maximum atomic E-state index is 11.9. The molecule has 0 fully saturated rings. The molecule has 0 radical (unpaired) electrons. The van der Waals surface area contributed by atoms with Gasteiger partial charge in [0, 0.05) is 17.3 Å². The summed E-state index contributed by atoms with van der Waals surface area (Å²) in [5.41, 5.74) is 9.44. The van der Waals surface area contributed by atoms with Crippen LogP contribution < -0.4 is 11.1 Å². The monoisotopic (exact) mass is 288 g/mol. The van der Waals surface area contributed by atoms with E-state index in [1.54, 1.807) is 6.07 Å². The van der Waals surface area contributed by atoms with Crippen LogP contribution in [0.15, 0.2) is 42.5 Å². The van der Waals surface area contributed by atoms with Crippen LogP contribution in [-0.4, -0.2) is 5.91 Å². The lowest BCUT2D eigenvalue weighted by atomic mass is 10.1. The summed E-state index contributed by atoms with van der Waals surface area (Å²) in [6.45, 7) is 2.42. The van der Waals surface area contributed by atoms with Crippen LogP contribution >= 0.6 is 11.6 Å². The molecule has 0 aromatic heterocycles. The minimum absolute atomic E-state index is 0.0556. The minimum atomic E-state index is -0.0556. The van der Waals surface area contributed by atoms with Crippen LogP contribution in [0.1, 0.15) is 16.7 Å². The second-order valence-corrected chi connectivity index (χ2v) is 5.08. The van der Waals surface area contributed by atoms with Crippen molar-refractivity contribution < 1.29 is 4.79 Å². The Hall–Kier alpha value is -2.00. The summed E-state index contributed by atoms with van der Waals surface area (Å²) in [5, 5.41) is 3.50. The predicted molar refractivity (Wildman–Crippen MR) is 82.6 cm³/mol. The van der Waals surface area contributed by atoms with E-state index in [1.807, 2.05) is 43.3 Å². The summed E-state index contributed by atoms with van der Waals surface area (Å²) in [6.07, 6.45) is 0.279. The Morgan fingerprint density at radius 1 is 1.15 bits per heavy atom. The first kappa shape index (κ1) is 14.4. The number of nitrogen functional groups attached to an aromatic ring is 1. The Morgan fingerprint density at radius 3 is 2.60 bits per heavy atom. The normalized spacial score (nSPS) is 10.3. The SMILES string of the molecule is Cc1c(N)cccc1CNC(=O)Cc1ccccc1Cl. The van der Waals surface area contributed by atoms with Crippen molar-refractivity contribution >= 4 is 23.2 Å². The van der Waals surface area contributed by atoms with Gasteiger partial charge in [-0.1, -0.05) is 41.9 Å². The quantitative estimate of drug-likeness (QED) is 0.850. The van der Waals surface area contributed by atoms with Crippen LogP contribution in [0.3, 0.4) is 0 Å². The fourth-order valence-corrected chi connectivity index (χ4v) is 2.17. The third-order valence-corrected chi connectivity index (χ3v) is 3.64. The van der Waals surface area contributed by atoms with Crippen LogP contribution in [0.5, 0.6) is 0 Å². The number of amides is 1. The molecule has 0 spiro atoms. The van der Waals surface area contributed by atoms with Gasteiger partial charge in [0.25, 0.3) is 0 Å². The summed E-state index contributed by atoms with van der Waals surface area (Å²) < 4.78 is 0. The first-order valence-corrected chi connectivity index (χ1v) is 6.80. The summed E-state index contributed by atoms with van der Waals surface area (Å²) in [7, 11) is 0. The molecule has 0 saturated carbocycles. The van der Waals surface area contributed by atoms with Crippen molar-refractivity contribution in [3.63, 3.8) is 0 Å². The van der Waals surface area contributed by atoms with E-state index in [0.717, 1.165) is 22.4 Å². The Morgan fingerprint density at radius 2 is 1.85 bits per heavy atom. The lowest BCUT2D eigenvalue weighted by Gasteiger charge is -2.10. The van der Waals surface area contributed by atoms with Gasteiger partial charge in [-0.2, -0.15) is 0 Å². The molecule has 2 aromatic rings. The van der Waals surface area contributed by atoms with Gasteiger partial charge in [-0.25, -0.2) is 0 Å². The van der Waals surface area contributed by atoms with Gasteiger partial charge in [0.1, 0.15) is 0 Å². The Balaban J connectivity index is 1.96. The van der Waals surface area contributed by atoms with E-state index in [1.165, 1.54) is 0 Å². The molecule has 2 aromatic carbocycles. The van der Waals surface area contributed by atoms with Gasteiger partial charge in [-0.05, 0) is 35.7 Å². The average Bonchev–Trinajstić information content (AvgIpc) is 2.43. The van der Waals surface area contributed by atoms with E-state index in [-0.39, 0.29) is 12.3 Å². The van der Waals surface area contributed by atoms with E-state index < -0.39 is 0 Å². The number of hydrogen-bond acceptors (Lipinski definition) is 2. The number of nitrogens with two attached hydrogens (primary N) is 1. The highest BCUT2D eigenvalue weighted by Crippen LogP contribution is 2.16. The molecule has 104 valence electrons. The highest BCUT2D eigenvalue weighted by atomic mass is 35.5. The van der Waals surface area contributed by atoms with Gasteiger partial charge in [0.2, 0.25) is 5.91 Å². The molecule has 0 aliphatic carbocycles. The van der Waals surface area contributed by atoms with Crippen LogP contribution in [0.4, 0.5) is 5.69 Å². The van der Waals surface area contributed by atoms with Crippen molar-refractivity contribution in [1.82, 2.24) is 5.32 Å². The first-order valence-electron chi connectivity index (χ1n) is 6.42. The van der Waals surface area contributed by atoms with E-state index in [4.69, 9.17) is 17.3 Å². The summed E-state index contributed by atoms with van der Waals surface area (Å²) in [5.74, 6) is -0.0556. The second kappa shape index (κ2) is 6.44. The van der Waals surface area contributed by atoms with Gasteiger partial charge in [0.05, 0.1) is 6.42 Å². The van der Waals surface area contributed by atoms with Crippen molar-refractivity contribution in [3.8, 4) is 0 Å². The highest BCUT2D eigenvalue weighted by molar-refractivity contribution is 6.31. The molecule has 4 heteroatoms. The van der Waals surface area contributed by atoms with E-state index in [2.05, 4.69) is 5.32 Å². The van der Waals surface area contributed by atoms with Crippen molar-refractivity contribution in [2.45, 2.75) is 19.9 Å².